The molecule has 3 N–H and O–H groups in total. The fourth-order valence-corrected chi connectivity index (χ4v) is 13.6. The van der Waals surface area contributed by atoms with Gasteiger partial charge in [-0.1, -0.05) is 74.3 Å². The standard InChI is InChI=1S/C71H85Cl2FN12O8/c1-7-94-62-42-50(69(2,3)4)14-22-56(62)66-79-70(5,48-10-15-51(72)16-11-48)71(6,49-12-17-52(73)18-13-49)86(66)68(89)82-30-28-81(29-31-82)32-34-91-36-38-93-40-39-92-37-35-90-33-24-63(87)77-25-27-85-61(44-75)64-47-41-60(65(76)78-45-47)83-26-8-9-59(83)57-43-53(74)19-23-55(57)67(88)84(54-20-21-54)46-58(64)80-85/h10-19,22-23,41-43,45,54,59H,7-9,20-21,24-40,46H2,1-6H3,(H2,76,78)(H,77,87)/t59-,70+,71-/m1/s1. The third-order valence-electron chi connectivity index (χ3n) is 18.8. The molecule has 6 aromatic rings. The Balaban J connectivity index is 0.600. The number of pyridine rings is 1. The van der Waals surface area contributed by atoms with Crippen LogP contribution in [0.2, 0.25) is 10.0 Å². The van der Waals surface area contributed by atoms with Gasteiger partial charge in [-0.2, -0.15) is 10.4 Å². The zero-order valence-corrected chi connectivity index (χ0v) is 56.1. The van der Waals surface area contributed by atoms with E-state index in [1.165, 1.54) is 12.1 Å². The minimum atomic E-state index is -1.03. The molecule has 0 unspecified atom stereocenters. The Morgan fingerprint density at radius 2 is 1.44 bits per heavy atom. The van der Waals surface area contributed by atoms with Gasteiger partial charge in [0.15, 0.2) is 0 Å². The predicted molar refractivity (Wildman–Crippen MR) is 360 cm³/mol. The number of nitriles is 1. The predicted octanol–water partition coefficient (Wildman–Crippen LogP) is 10.9. The fraction of sp³-hybridized carbons (Fsp3) is 0.479. The zero-order valence-electron chi connectivity index (χ0n) is 54.6. The van der Waals surface area contributed by atoms with E-state index in [-0.39, 0.29) is 73.7 Å². The van der Waals surface area contributed by atoms with Crippen molar-refractivity contribution in [1.82, 2.24) is 39.7 Å². The lowest BCUT2D eigenvalue weighted by molar-refractivity contribution is -0.122. The van der Waals surface area contributed by atoms with Gasteiger partial charge in [-0.25, -0.2) is 14.2 Å². The molecule has 1 aliphatic carbocycles. The van der Waals surface area contributed by atoms with Gasteiger partial charge in [0.2, 0.25) is 5.91 Å². The highest BCUT2D eigenvalue weighted by atomic mass is 35.5. The number of rotatable bonds is 24. The number of benzene rings is 4. The highest BCUT2D eigenvalue weighted by Gasteiger charge is 2.60. The number of piperazine rings is 1. The quantitative estimate of drug-likeness (QED) is 0.0539. The SMILES string of the molecule is CCOc1cc(C(C)(C)C)ccc1C1=N[C@@](C)(c2ccc(Cl)cc2)[C@@](C)(c2ccc(Cl)cc2)N1C(=O)N1CCN(CCOCCOCCOCCOCCC(=O)NCCn2nc3c(c2C#N)-c2cnc(N)c(c2)N2CCC[C@@H]2c2cc(F)ccc2C(=O)N(C2CC2)C3)CC1. The van der Waals surface area contributed by atoms with Crippen molar-refractivity contribution in [2.75, 3.05) is 116 Å². The summed E-state index contributed by atoms with van der Waals surface area (Å²) in [4.78, 5) is 63.1. The van der Waals surface area contributed by atoms with E-state index in [0.29, 0.717) is 160 Å². The molecule has 1 saturated carbocycles. The van der Waals surface area contributed by atoms with Gasteiger partial charge in [-0.15, -0.1) is 0 Å². The summed E-state index contributed by atoms with van der Waals surface area (Å²) >= 11 is 13.0. The molecule has 94 heavy (non-hydrogen) atoms. The Labute approximate surface area is 560 Å². The van der Waals surface area contributed by atoms with Crippen molar-refractivity contribution in [3.63, 3.8) is 0 Å². The van der Waals surface area contributed by atoms with Crippen LogP contribution < -0.4 is 20.7 Å². The number of nitrogen functional groups attached to an aromatic ring is 1. The van der Waals surface area contributed by atoms with Gasteiger partial charge < -0.3 is 49.4 Å². The van der Waals surface area contributed by atoms with Crippen LogP contribution in [0.4, 0.5) is 20.7 Å². The van der Waals surface area contributed by atoms with Gasteiger partial charge in [0.1, 0.15) is 46.1 Å². The van der Waals surface area contributed by atoms with Crippen LogP contribution in [0.1, 0.15) is 129 Å². The molecule has 3 atom stereocenters. The summed E-state index contributed by atoms with van der Waals surface area (Å²) in [5.41, 5.74) is 11.7. The topological polar surface area (TPSA) is 218 Å². The second-order valence-electron chi connectivity index (χ2n) is 25.9. The summed E-state index contributed by atoms with van der Waals surface area (Å²) in [6.45, 7) is 20.2. The number of fused-ring (bicyclic) bond motifs is 8. The summed E-state index contributed by atoms with van der Waals surface area (Å²) in [5.74, 6) is 0.635. The third kappa shape index (κ3) is 14.6. The number of nitrogens with zero attached hydrogens (tertiary/aromatic N) is 10. The zero-order chi connectivity index (χ0) is 66.3. The monoisotopic (exact) mass is 1320 g/mol. The number of halogens is 3. The maximum Gasteiger partial charge on any atom is 0.326 e. The number of aliphatic imine (C=N–C) groups is 1. The van der Waals surface area contributed by atoms with Crippen LogP contribution >= 0.6 is 23.2 Å². The van der Waals surface area contributed by atoms with Crippen LogP contribution in [0.25, 0.3) is 11.1 Å². The first-order chi connectivity index (χ1) is 45.3. The summed E-state index contributed by atoms with van der Waals surface area (Å²) in [6.07, 6.45) is 4.92. The number of ether oxygens (including phenoxy) is 5. The highest BCUT2D eigenvalue weighted by Crippen LogP contribution is 2.54. The minimum absolute atomic E-state index is 0.0201. The highest BCUT2D eigenvalue weighted by molar-refractivity contribution is 6.30. The van der Waals surface area contributed by atoms with E-state index >= 15 is 4.79 Å². The van der Waals surface area contributed by atoms with Crippen LogP contribution in [0.3, 0.4) is 0 Å². The van der Waals surface area contributed by atoms with Gasteiger partial charge >= 0.3 is 6.03 Å². The molecule has 2 bridgehead atoms. The molecular formula is C71H85Cl2FN12O8. The first-order valence-electron chi connectivity index (χ1n) is 32.7. The molecule has 2 aromatic heterocycles. The van der Waals surface area contributed by atoms with Gasteiger partial charge in [0, 0.05) is 91.2 Å². The van der Waals surface area contributed by atoms with Crippen LogP contribution in [-0.4, -0.2) is 169 Å². The number of nitrogens with one attached hydrogen (secondary N) is 1. The van der Waals surface area contributed by atoms with E-state index in [0.717, 1.165) is 41.5 Å². The number of amidine groups is 1. The average molecular weight is 1320 g/mol. The molecule has 3 fully saturated rings. The maximum absolute atomic E-state index is 15.5. The summed E-state index contributed by atoms with van der Waals surface area (Å²) in [5, 5.41) is 19.7. The number of anilines is 2. The van der Waals surface area contributed by atoms with Gasteiger partial charge in [0.05, 0.1) is 95.5 Å². The Bertz CT molecular complexity index is 3770. The molecule has 4 amide bonds. The second kappa shape index (κ2) is 29.5. The first-order valence-corrected chi connectivity index (χ1v) is 33.5. The Morgan fingerprint density at radius 1 is 0.787 bits per heavy atom. The minimum Gasteiger partial charge on any atom is -0.493 e. The van der Waals surface area contributed by atoms with Crippen molar-refractivity contribution in [3.05, 3.63) is 158 Å². The maximum atomic E-state index is 15.5. The van der Waals surface area contributed by atoms with E-state index in [1.54, 1.807) is 21.8 Å². The van der Waals surface area contributed by atoms with E-state index in [4.69, 9.17) is 62.7 Å². The molecule has 5 aliphatic rings. The van der Waals surface area contributed by atoms with Crippen molar-refractivity contribution < 1.29 is 42.5 Å². The molecule has 4 aromatic carbocycles. The van der Waals surface area contributed by atoms with Gasteiger partial charge in [0.25, 0.3) is 5.91 Å². The van der Waals surface area contributed by atoms with Crippen LogP contribution in [-0.2, 0) is 53.3 Å². The van der Waals surface area contributed by atoms with Crippen molar-refractivity contribution in [2.24, 2.45) is 4.99 Å². The molecule has 2 saturated heterocycles. The van der Waals surface area contributed by atoms with Crippen molar-refractivity contribution >= 4 is 58.4 Å². The number of nitrogens with two attached hydrogens (primary N) is 1. The molecule has 11 rings (SSSR count). The number of carbonyl (C=O) groups excluding carboxylic acids is 3. The Morgan fingerprint density at radius 3 is 2.09 bits per heavy atom. The van der Waals surface area contributed by atoms with Crippen LogP contribution in [0, 0.1) is 17.1 Å². The number of hydrogen-bond acceptors (Lipinski definition) is 15. The largest absolute Gasteiger partial charge is 0.493 e. The van der Waals surface area contributed by atoms with Crippen LogP contribution in [0.15, 0.2) is 102 Å². The van der Waals surface area contributed by atoms with Crippen molar-refractivity contribution in [3.8, 4) is 22.9 Å². The fourth-order valence-electron chi connectivity index (χ4n) is 13.3. The first kappa shape index (κ1) is 67.7. The van der Waals surface area contributed by atoms with E-state index in [2.05, 4.69) is 72.9 Å². The lowest BCUT2D eigenvalue weighted by Gasteiger charge is -2.47. The lowest BCUT2D eigenvalue weighted by Crippen LogP contribution is -2.60. The smallest absolute Gasteiger partial charge is 0.326 e. The van der Waals surface area contributed by atoms with Crippen LogP contribution in [0.5, 0.6) is 5.75 Å². The molecule has 498 valence electrons. The van der Waals surface area contributed by atoms with Crippen molar-refractivity contribution in [2.45, 2.75) is 115 Å². The summed E-state index contributed by atoms with van der Waals surface area (Å²) in [7, 11) is 0. The number of amides is 4. The molecule has 6 heterocycles. The summed E-state index contributed by atoms with van der Waals surface area (Å²) < 4.78 is 46.0. The number of urea groups is 1. The van der Waals surface area contributed by atoms with E-state index in [1.807, 2.05) is 77.4 Å². The molecule has 0 spiro atoms. The average Bonchev–Trinajstić information content (AvgIpc) is 1.51. The lowest BCUT2D eigenvalue weighted by atomic mass is 9.71. The van der Waals surface area contributed by atoms with Gasteiger partial charge in [-0.3, -0.25) is 29.1 Å². The molecular weight excluding hydrogens is 1240 g/mol. The molecule has 20 nitrogen and oxygen atoms in total. The number of aromatic nitrogens is 3. The molecule has 23 heteroatoms. The van der Waals surface area contributed by atoms with E-state index in [9.17, 15) is 19.2 Å². The van der Waals surface area contributed by atoms with Crippen molar-refractivity contribution in [1.29, 1.82) is 5.26 Å². The second-order valence-corrected chi connectivity index (χ2v) is 26.7. The Hall–Kier alpha value is -7.68. The number of carbonyl (C=O) groups is 3. The molecule has 4 aliphatic heterocycles. The molecule has 0 radical (unpaired) electrons. The Kier molecular flexibility index (Phi) is 21.3. The van der Waals surface area contributed by atoms with E-state index < -0.39 is 16.9 Å². The summed E-state index contributed by atoms with van der Waals surface area (Å²) in [6, 6.07) is 29.8. The van der Waals surface area contributed by atoms with Gasteiger partial charge in [-0.05, 0) is 135 Å². The normalized spacial score (nSPS) is 19.9. The number of hydrogen-bond donors (Lipinski definition) is 2. The third-order valence-corrected chi connectivity index (χ3v) is 19.3.